The summed E-state index contributed by atoms with van der Waals surface area (Å²) >= 11 is 0. The smallest absolute Gasteiger partial charge is 0.272 e. The molecule has 7 heteroatoms. The Bertz CT molecular complexity index is 1100. The number of aryl methyl sites for hydroxylation is 2. The number of hydrogen-bond acceptors (Lipinski definition) is 4. The van der Waals surface area contributed by atoms with Gasteiger partial charge in [0.1, 0.15) is 5.69 Å². The lowest BCUT2D eigenvalue weighted by Gasteiger charge is -2.15. The van der Waals surface area contributed by atoms with Crippen LogP contribution >= 0.6 is 0 Å². The quantitative estimate of drug-likeness (QED) is 0.491. The van der Waals surface area contributed by atoms with Gasteiger partial charge in [-0.3, -0.25) is 14.9 Å². The summed E-state index contributed by atoms with van der Waals surface area (Å²) in [5.74, 6) is -0.100. The molecular formula is C22H22N4O3. The van der Waals surface area contributed by atoms with Gasteiger partial charge in [0, 0.05) is 30.8 Å². The number of aromatic nitrogens is 2. The van der Waals surface area contributed by atoms with Crippen molar-refractivity contribution < 1.29 is 9.72 Å². The molecule has 7 nitrogen and oxygen atoms in total. The molecule has 0 bridgehead atoms. The van der Waals surface area contributed by atoms with E-state index in [1.165, 1.54) is 22.4 Å². The van der Waals surface area contributed by atoms with Crippen molar-refractivity contribution in [1.82, 2.24) is 14.7 Å². The summed E-state index contributed by atoms with van der Waals surface area (Å²) in [4.78, 5) is 25.7. The van der Waals surface area contributed by atoms with Crippen LogP contribution in [0, 0.1) is 24.0 Å². The Morgan fingerprint density at radius 2 is 1.79 bits per heavy atom. The first-order valence-electron chi connectivity index (χ1n) is 9.66. The number of nitro benzene ring substituents is 1. The van der Waals surface area contributed by atoms with Crippen LogP contribution in [0.3, 0.4) is 0 Å². The van der Waals surface area contributed by atoms with Gasteiger partial charge in [0.15, 0.2) is 0 Å². The van der Waals surface area contributed by atoms with Crippen LogP contribution in [0.25, 0.3) is 16.9 Å². The number of carbonyl (C=O) groups is 1. The lowest BCUT2D eigenvalue weighted by molar-refractivity contribution is -0.384. The van der Waals surface area contributed by atoms with Gasteiger partial charge in [-0.15, -0.1) is 0 Å². The van der Waals surface area contributed by atoms with Crippen molar-refractivity contribution >= 4 is 11.6 Å². The van der Waals surface area contributed by atoms with Gasteiger partial charge in [-0.25, -0.2) is 4.68 Å². The Hall–Kier alpha value is -3.48. The first-order valence-corrected chi connectivity index (χ1v) is 9.66. The molecule has 2 aromatic carbocycles. The number of rotatable bonds is 4. The summed E-state index contributed by atoms with van der Waals surface area (Å²) in [5, 5.41) is 15.9. The maximum absolute atomic E-state index is 13.2. The van der Waals surface area contributed by atoms with Crippen molar-refractivity contribution in [2.45, 2.75) is 26.7 Å². The van der Waals surface area contributed by atoms with Crippen LogP contribution < -0.4 is 0 Å². The van der Waals surface area contributed by atoms with Crippen molar-refractivity contribution in [2.24, 2.45) is 0 Å². The zero-order valence-corrected chi connectivity index (χ0v) is 16.5. The van der Waals surface area contributed by atoms with Crippen molar-refractivity contribution in [2.75, 3.05) is 13.1 Å². The molecule has 1 amide bonds. The Morgan fingerprint density at radius 1 is 1.03 bits per heavy atom. The van der Waals surface area contributed by atoms with E-state index in [2.05, 4.69) is 5.10 Å². The highest BCUT2D eigenvalue weighted by Crippen LogP contribution is 2.26. The van der Waals surface area contributed by atoms with Crippen LogP contribution in [-0.4, -0.2) is 38.6 Å². The topological polar surface area (TPSA) is 81.3 Å². The van der Waals surface area contributed by atoms with Gasteiger partial charge < -0.3 is 4.90 Å². The molecule has 1 saturated heterocycles. The summed E-state index contributed by atoms with van der Waals surface area (Å²) in [5.41, 5.74) is 4.78. The number of nitro groups is 1. The molecule has 0 spiro atoms. The maximum atomic E-state index is 13.2. The van der Waals surface area contributed by atoms with Crippen molar-refractivity contribution in [3.05, 3.63) is 75.5 Å². The molecule has 0 aliphatic carbocycles. The Kier molecular flexibility index (Phi) is 4.88. The molecule has 1 aliphatic rings. The standard InChI is InChI=1S/C22H22N4O3/c1-15-8-9-17(12-16(15)2)20-14-21(22(27)24-10-3-4-11-24)25(23-20)18-6-5-7-19(13-18)26(28)29/h5-9,12-14H,3-4,10-11H2,1-2H3. The van der Waals surface area contributed by atoms with Crippen molar-refractivity contribution in [3.63, 3.8) is 0 Å². The zero-order valence-electron chi connectivity index (χ0n) is 16.5. The van der Waals surface area contributed by atoms with Gasteiger partial charge >= 0.3 is 0 Å². The monoisotopic (exact) mass is 390 g/mol. The van der Waals surface area contributed by atoms with E-state index in [0.717, 1.165) is 37.1 Å². The Labute approximate surface area is 168 Å². The van der Waals surface area contributed by atoms with Gasteiger partial charge in [0.05, 0.1) is 16.3 Å². The molecule has 0 N–H and O–H groups in total. The van der Waals surface area contributed by atoms with Crippen LogP contribution in [-0.2, 0) is 0 Å². The van der Waals surface area contributed by atoms with E-state index in [0.29, 0.717) is 17.1 Å². The summed E-state index contributed by atoms with van der Waals surface area (Å²) in [6.07, 6.45) is 1.97. The van der Waals surface area contributed by atoms with Crippen molar-refractivity contribution in [3.8, 4) is 16.9 Å². The fraction of sp³-hybridized carbons (Fsp3) is 0.273. The van der Waals surface area contributed by atoms with E-state index in [1.54, 1.807) is 18.2 Å². The molecule has 3 aromatic rings. The van der Waals surface area contributed by atoms with Crippen LogP contribution in [0.2, 0.25) is 0 Å². The predicted octanol–water partition coefficient (Wildman–Crippen LogP) is 4.30. The van der Waals surface area contributed by atoms with Gasteiger partial charge in [0.25, 0.3) is 11.6 Å². The van der Waals surface area contributed by atoms with E-state index in [-0.39, 0.29) is 11.6 Å². The molecule has 148 valence electrons. The first kappa shape index (κ1) is 18.9. The third kappa shape index (κ3) is 3.63. The van der Waals surface area contributed by atoms with Crippen LogP contribution in [0.1, 0.15) is 34.5 Å². The average molecular weight is 390 g/mol. The van der Waals surface area contributed by atoms with Gasteiger partial charge in [-0.05, 0) is 56.0 Å². The summed E-state index contributed by atoms with van der Waals surface area (Å²) in [7, 11) is 0. The second-order valence-electron chi connectivity index (χ2n) is 7.40. The average Bonchev–Trinajstić information content (AvgIpc) is 3.40. The maximum Gasteiger partial charge on any atom is 0.272 e. The van der Waals surface area contributed by atoms with E-state index >= 15 is 0 Å². The highest BCUT2D eigenvalue weighted by Gasteiger charge is 2.25. The first-order chi connectivity index (χ1) is 13.9. The molecule has 0 atom stereocenters. The minimum Gasteiger partial charge on any atom is -0.337 e. The van der Waals surface area contributed by atoms with Gasteiger partial charge in [0.2, 0.25) is 0 Å². The molecule has 0 unspecified atom stereocenters. The summed E-state index contributed by atoms with van der Waals surface area (Å²) in [6.45, 7) is 5.52. The molecule has 1 fully saturated rings. The van der Waals surface area contributed by atoms with Crippen LogP contribution in [0.5, 0.6) is 0 Å². The fourth-order valence-corrected chi connectivity index (χ4v) is 3.59. The normalized spacial score (nSPS) is 13.7. The molecule has 0 saturated carbocycles. The third-order valence-electron chi connectivity index (χ3n) is 5.41. The molecule has 0 radical (unpaired) electrons. The summed E-state index contributed by atoms with van der Waals surface area (Å²) in [6, 6.07) is 14.0. The Balaban J connectivity index is 1.84. The zero-order chi connectivity index (χ0) is 20.5. The molecule has 1 aliphatic heterocycles. The minimum absolute atomic E-state index is 0.0368. The predicted molar refractivity (Wildman–Crippen MR) is 110 cm³/mol. The van der Waals surface area contributed by atoms with E-state index < -0.39 is 4.92 Å². The highest BCUT2D eigenvalue weighted by molar-refractivity contribution is 5.94. The van der Waals surface area contributed by atoms with E-state index in [1.807, 2.05) is 36.9 Å². The lowest BCUT2D eigenvalue weighted by Crippen LogP contribution is -2.29. The minimum atomic E-state index is -0.445. The van der Waals surface area contributed by atoms with Crippen LogP contribution in [0.4, 0.5) is 5.69 Å². The molecule has 29 heavy (non-hydrogen) atoms. The largest absolute Gasteiger partial charge is 0.337 e. The molecule has 4 rings (SSSR count). The van der Waals surface area contributed by atoms with E-state index in [4.69, 9.17) is 0 Å². The molecule has 2 heterocycles. The fourth-order valence-electron chi connectivity index (χ4n) is 3.59. The van der Waals surface area contributed by atoms with Gasteiger partial charge in [-0.1, -0.05) is 18.2 Å². The number of amides is 1. The number of hydrogen-bond donors (Lipinski definition) is 0. The number of likely N-dealkylation sites (tertiary alicyclic amines) is 1. The number of non-ortho nitro benzene ring substituents is 1. The van der Waals surface area contributed by atoms with Crippen molar-refractivity contribution in [1.29, 1.82) is 0 Å². The second-order valence-corrected chi connectivity index (χ2v) is 7.40. The second kappa shape index (κ2) is 7.50. The van der Waals surface area contributed by atoms with Gasteiger partial charge in [-0.2, -0.15) is 5.10 Å². The highest BCUT2D eigenvalue weighted by atomic mass is 16.6. The summed E-state index contributed by atoms with van der Waals surface area (Å²) < 4.78 is 1.53. The number of carbonyl (C=O) groups excluding carboxylic acids is 1. The SMILES string of the molecule is Cc1ccc(-c2cc(C(=O)N3CCCC3)n(-c3cccc([N+](=O)[O-])c3)n2)cc1C. The Morgan fingerprint density at radius 3 is 2.48 bits per heavy atom. The number of nitrogens with zero attached hydrogens (tertiary/aromatic N) is 4. The molecular weight excluding hydrogens is 368 g/mol. The molecule has 1 aromatic heterocycles. The number of benzene rings is 2. The lowest BCUT2D eigenvalue weighted by atomic mass is 10.0. The third-order valence-corrected chi connectivity index (χ3v) is 5.41. The van der Waals surface area contributed by atoms with Crippen LogP contribution in [0.15, 0.2) is 48.5 Å². The van der Waals surface area contributed by atoms with E-state index in [9.17, 15) is 14.9 Å².